The van der Waals surface area contributed by atoms with E-state index in [4.69, 9.17) is 0 Å². The van der Waals surface area contributed by atoms with Gasteiger partial charge in [0.15, 0.2) is 46.5 Å². The van der Waals surface area contributed by atoms with Crippen LogP contribution in [0.4, 0.5) is 46.5 Å². The smallest absolute Gasteiger partial charge is 0.198 e. The lowest BCUT2D eigenvalue weighted by Crippen LogP contribution is -2.08. The Kier molecular flexibility index (Phi) is 4.08. The molecule has 0 saturated heterocycles. The van der Waals surface area contributed by atoms with E-state index >= 15 is 0 Å². The molecular weight excluding hydrogens is 372 g/mol. The van der Waals surface area contributed by atoms with Gasteiger partial charge < -0.3 is 10.6 Å². The van der Waals surface area contributed by atoms with E-state index in [2.05, 4.69) is 10.6 Å². The molecule has 0 fully saturated rings. The van der Waals surface area contributed by atoms with E-state index in [1.165, 1.54) is 0 Å². The molecule has 0 unspecified atom stereocenters. The summed E-state index contributed by atoms with van der Waals surface area (Å²) in [5, 5.41) is 0.368. The van der Waals surface area contributed by atoms with Crippen LogP contribution >= 0.6 is 0 Å². The van der Waals surface area contributed by atoms with Crippen molar-refractivity contribution in [1.82, 2.24) is 0 Å². The van der Waals surface area contributed by atoms with Crippen LogP contribution in [-0.4, -0.2) is 14.1 Å². The zero-order valence-electron chi connectivity index (χ0n) is 13.0. The Morgan fingerprint density at radius 3 is 0.731 bits per heavy atom. The number of benzene rings is 3. The van der Waals surface area contributed by atoms with Gasteiger partial charge in [0, 0.05) is 35.6 Å². The maximum absolute atomic E-state index is 14.3. The van der Waals surface area contributed by atoms with Gasteiger partial charge in [-0.2, -0.15) is 0 Å². The maximum atomic E-state index is 14.3. The minimum atomic E-state index is -2.20. The third-order valence-corrected chi connectivity index (χ3v) is 4.03. The highest BCUT2D eigenvalue weighted by Crippen LogP contribution is 2.46. The summed E-state index contributed by atoms with van der Waals surface area (Å²) in [4.78, 5) is 0. The van der Waals surface area contributed by atoms with Crippen molar-refractivity contribution in [2.75, 3.05) is 24.7 Å². The molecule has 0 bridgehead atoms. The summed E-state index contributed by atoms with van der Waals surface area (Å²) in [7, 11) is 2.09. The minimum Gasteiger partial charge on any atom is -0.387 e. The van der Waals surface area contributed by atoms with Crippen molar-refractivity contribution in [2.45, 2.75) is 0 Å². The fraction of sp³-hybridized carbons (Fsp3) is 0.125. The summed E-state index contributed by atoms with van der Waals surface area (Å²) < 4.78 is 112. The third-order valence-electron chi connectivity index (χ3n) is 4.03. The molecule has 0 saturated carbocycles. The first-order valence-electron chi connectivity index (χ1n) is 7.01. The van der Waals surface area contributed by atoms with E-state index in [-0.39, 0.29) is 0 Å². The monoisotopic (exact) mass is 380 g/mol. The Balaban J connectivity index is 2.86. The average Bonchev–Trinajstić information content (AvgIpc) is 2.64. The number of hydrogen-bond donors (Lipinski definition) is 2. The number of fused-ring (bicyclic) bond motifs is 2. The average molecular weight is 380 g/mol. The predicted molar refractivity (Wildman–Crippen MR) is 80.2 cm³/mol. The van der Waals surface area contributed by atoms with Crippen molar-refractivity contribution in [1.29, 1.82) is 0 Å². The Morgan fingerprint density at radius 2 is 0.577 bits per heavy atom. The van der Waals surface area contributed by atoms with Crippen LogP contribution in [0.1, 0.15) is 0 Å². The number of nitrogens with one attached hydrogen (secondary N) is 2. The Labute approximate surface area is 140 Å². The summed E-state index contributed by atoms with van der Waals surface area (Å²) in [6, 6.07) is 0. The van der Waals surface area contributed by atoms with Gasteiger partial charge in [-0.15, -0.1) is 0 Å². The minimum absolute atomic E-state index is 0.778. The van der Waals surface area contributed by atoms with Crippen LogP contribution in [0.15, 0.2) is 0 Å². The Hall–Kier alpha value is -2.78. The highest BCUT2D eigenvalue weighted by Gasteiger charge is 2.31. The highest BCUT2D eigenvalue weighted by atomic mass is 19.2. The van der Waals surface area contributed by atoms with Crippen LogP contribution in [0.5, 0.6) is 0 Å². The molecule has 0 spiro atoms. The van der Waals surface area contributed by atoms with Crippen molar-refractivity contribution < 1.29 is 35.1 Å². The first-order chi connectivity index (χ1) is 12.2. The van der Waals surface area contributed by atoms with Crippen molar-refractivity contribution in [2.24, 2.45) is 0 Å². The molecule has 2 nitrogen and oxygen atoms in total. The van der Waals surface area contributed by atoms with Gasteiger partial charge in [-0.05, 0) is 0 Å². The van der Waals surface area contributed by atoms with Crippen LogP contribution in [0.3, 0.4) is 0 Å². The molecule has 0 amide bonds. The van der Waals surface area contributed by atoms with Gasteiger partial charge >= 0.3 is 0 Å². The number of hydrogen-bond acceptors (Lipinski definition) is 2. The molecule has 3 rings (SSSR count). The maximum Gasteiger partial charge on any atom is 0.198 e. The Morgan fingerprint density at radius 1 is 0.385 bits per heavy atom. The molecule has 0 radical (unpaired) electrons. The van der Waals surface area contributed by atoms with E-state index in [0.717, 1.165) is 14.1 Å². The van der Waals surface area contributed by atoms with Crippen LogP contribution in [0, 0.1) is 46.5 Å². The van der Waals surface area contributed by atoms with Crippen LogP contribution < -0.4 is 10.6 Å². The van der Waals surface area contributed by atoms with Crippen LogP contribution in [0.2, 0.25) is 0 Å². The summed E-state index contributed by atoms with van der Waals surface area (Å²) in [6.07, 6.45) is 0. The van der Waals surface area contributed by atoms with Gasteiger partial charge in [-0.1, -0.05) is 0 Å². The highest BCUT2D eigenvalue weighted by molar-refractivity contribution is 6.20. The molecular formula is C16H8F8N2. The zero-order valence-corrected chi connectivity index (χ0v) is 13.0. The molecule has 0 atom stereocenters. The normalized spacial score (nSPS) is 11.5. The molecule has 3 aromatic rings. The molecule has 26 heavy (non-hydrogen) atoms. The van der Waals surface area contributed by atoms with Gasteiger partial charge in [0.2, 0.25) is 0 Å². The summed E-state index contributed by atoms with van der Waals surface area (Å²) >= 11 is 0. The van der Waals surface area contributed by atoms with Gasteiger partial charge in [0.05, 0.1) is 11.4 Å². The van der Waals surface area contributed by atoms with Crippen molar-refractivity contribution in [3.05, 3.63) is 46.5 Å². The fourth-order valence-corrected chi connectivity index (χ4v) is 2.95. The number of anilines is 2. The molecule has 10 heteroatoms. The second-order valence-electron chi connectivity index (χ2n) is 5.26. The van der Waals surface area contributed by atoms with E-state index < -0.39 is 79.5 Å². The summed E-state index contributed by atoms with van der Waals surface area (Å²) in [6.45, 7) is 0. The molecule has 0 aromatic heterocycles. The molecule has 0 aliphatic heterocycles. The van der Waals surface area contributed by atoms with Crippen LogP contribution in [0.25, 0.3) is 21.5 Å². The third kappa shape index (κ3) is 2.04. The Bertz CT molecular complexity index is 927. The number of rotatable bonds is 2. The van der Waals surface area contributed by atoms with E-state index in [0.29, 0.717) is 0 Å². The van der Waals surface area contributed by atoms with Crippen molar-refractivity contribution in [3.8, 4) is 0 Å². The molecule has 0 aliphatic rings. The largest absolute Gasteiger partial charge is 0.387 e. The first-order valence-corrected chi connectivity index (χ1v) is 7.01. The molecule has 138 valence electrons. The van der Waals surface area contributed by atoms with Crippen LogP contribution in [-0.2, 0) is 0 Å². The van der Waals surface area contributed by atoms with Gasteiger partial charge in [-0.25, -0.2) is 35.1 Å². The first kappa shape index (κ1) is 18.0. The molecule has 0 aliphatic carbocycles. The SMILES string of the molecule is CNc1c2c(F)c(F)c(F)c(F)c2c(NC)c2c(F)c(F)c(F)c(F)c12. The predicted octanol–water partition coefficient (Wildman–Crippen LogP) is 5.19. The second kappa shape index (κ2) is 5.89. The summed E-state index contributed by atoms with van der Waals surface area (Å²) in [5.41, 5.74) is -1.56. The standard InChI is InChI=1S/C16H8F8N2/c1-25-15-3-5(9(19)13(23)11(21)7(3)17)16(26-2)6-4(15)8(18)12(22)14(24)10(6)20/h25-26H,1-2H3. The lowest BCUT2D eigenvalue weighted by molar-refractivity contribution is 0.416. The van der Waals surface area contributed by atoms with Gasteiger partial charge in [0.1, 0.15) is 0 Å². The van der Waals surface area contributed by atoms with E-state index in [9.17, 15) is 35.1 Å². The topological polar surface area (TPSA) is 24.1 Å². The molecule has 0 heterocycles. The second-order valence-corrected chi connectivity index (χ2v) is 5.26. The van der Waals surface area contributed by atoms with Gasteiger partial charge in [-0.3, -0.25) is 0 Å². The lowest BCUT2D eigenvalue weighted by atomic mass is 9.95. The number of halogens is 8. The van der Waals surface area contributed by atoms with Crippen molar-refractivity contribution >= 4 is 32.9 Å². The molecule has 2 N–H and O–H groups in total. The fourth-order valence-electron chi connectivity index (χ4n) is 2.95. The zero-order chi connectivity index (χ0) is 19.5. The summed E-state index contributed by atoms with van der Waals surface area (Å²) in [5.74, 6) is -16.4. The van der Waals surface area contributed by atoms with Crippen molar-refractivity contribution in [3.63, 3.8) is 0 Å². The quantitative estimate of drug-likeness (QED) is 0.210. The lowest BCUT2D eigenvalue weighted by Gasteiger charge is -2.19. The van der Waals surface area contributed by atoms with E-state index in [1.807, 2.05) is 0 Å². The van der Waals surface area contributed by atoms with E-state index in [1.54, 1.807) is 0 Å². The van der Waals surface area contributed by atoms with Gasteiger partial charge in [0.25, 0.3) is 0 Å². The molecule has 3 aromatic carbocycles.